The van der Waals surface area contributed by atoms with Crippen molar-refractivity contribution in [3.63, 3.8) is 0 Å². The topological polar surface area (TPSA) is 9.23 Å². The minimum atomic E-state index is 0.517. The van der Waals surface area contributed by atoms with Gasteiger partial charge in [0.1, 0.15) is 0 Å². The summed E-state index contributed by atoms with van der Waals surface area (Å²) in [7, 11) is 0. The maximum absolute atomic E-state index is 5.49. The van der Waals surface area contributed by atoms with Crippen LogP contribution in [0.1, 0.15) is 27.2 Å². The van der Waals surface area contributed by atoms with Crippen LogP contribution in [-0.4, -0.2) is 26.6 Å². The Morgan fingerprint density at radius 2 is 2.20 bits per heavy atom. The van der Waals surface area contributed by atoms with E-state index < -0.39 is 0 Å². The summed E-state index contributed by atoms with van der Waals surface area (Å²) in [5, 5.41) is 0. The number of ether oxygens (including phenoxy) is 1. The summed E-state index contributed by atoms with van der Waals surface area (Å²) in [5.41, 5.74) is 1.04. The zero-order valence-corrected chi connectivity index (χ0v) is 8.68. The zero-order chi connectivity index (χ0) is 7.56. The molecule has 0 saturated carbocycles. The number of hydrogen-bond donors (Lipinski definition) is 0. The fourth-order valence-corrected chi connectivity index (χ4v) is 3.85. The van der Waals surface area contributed by atoms with E-state index in [0.717, 1.165) is 31.2 Å². The molecule has 1 saturated heterocycles. The third-order valence-corrected chi connectivity index (χ3v) is 4.96. The van der Waals surface area contributed by atoms with Crippen molar-refractivity contribution in [1.82, 2.24) is 0 Å². The zero-order valence-electron chi connectivity index (χ0n) is 6.96. The molecule has 0 amide bonds. The molecule has 0 aromatic heterocycles. The first-order valence-electron chi connectivity index (χ1n) is 3.93. The Kier molecular flexibility index (Phi) is 3.22. The Bertz CT molecular complexity index is 103. The van der Waals surface area contributed by atoms with Crippen molar-refractivity contribution in [2.24, 2.45) is 5.92 Å². The van der Waals surface area contributed by atoms with Crippen LogP contribution in [0.3, 0.4) is 0 Å². The summed E-state index contributed by atoms with van der Waals surface area (Å²) in [6.07, 6.45) is 1.81. The molecule has 1 nitrogen and oxygen atoms in total. The summed E-state index contributed by atoms with van der Waals surface area (Å²) in [5.74, 6) is 0.867. The van der Waals surface area contributed by atoms with Crippen LogP contribution in [0.15, 0.2) is 0 Å². The molecule has 0 radical (unpaired) electrons. The summed E-state index contributed by atoms with van der Waals surface area (Å²) in [6, 6.07) is 0. The molecule has 2 heteroatoms. The van der Waals surface area contributed by atoms with E-state index in [1.807, 2.05) is 0 Å². The minimum absolute atomic E-state index is 0.517. The first kappa shape index (κ1) is 8.57. The standard InChI is InChI=1S/C8H16OSe/c1-6(2)8-4-7(3)9-5-10-8/h6-8H,4-5H2,1-3H3/t7-,8-/m0/s1. The molecule has 2 atom stereocenters. The van der Waals surface area contributed by atoms with Crippen molar-refractivity contribution in [3.8, 4) is 0 Å². The average Bonchev–Trinajstić information content (AvgIpc) is 1.88. The van der Waals surface area contributed by atoms with E-state index in [9.17, 15) is 0 Å². The summed E-state index contributed by atoms with van der Waals surface area (Å²) >= 11 is 0.751. The predicted octanol–water partition coefficient (Wildman–Crippen LogP) is 1.90. The van der Waals surface area contributed by atoms with Gasteiger partial charge in [0.15, 0.2) is 0 Å². The van der Waals surface area contributed by atoms with E-state index in [-0.39, 0.29) is 0 Å². The van der Waals surface area contributed by atoms with Gasteiger partial charge in [0.05, 0.1) is 0 Å². The van der Waals surface area contributed by atoms with E-state index in [0.29, 0.717) is 6.10 Å². The van der Waals surface area contributed by atoms with Crippen LogP contribution in [0, 0.1) is 5.92 Å². The summed E-state index contributed by atoms with van der Waals surface area (Å²) in [4.78, 5) is 0.969. The second-order valence-corrected chi connectivity index (χ2v) is 5.74. The number of hydrogen-bond acceptors (Lipinski definition) is 1. The molecule has 0 aliphatic carbocycles. The molecule has 0 spiro atoms. The Morgan fingerprint density at radius 1 is 1.50 bits per heavy atom. The third-order valence-electron chi connectivity index (χ3n) is 1.94. The second kappa shape index (κ2) is 3.75. The van der Waals surface area contributed by atoms with Crippen LogP contribution in [0.25, 0.3) is 0 Å². The molecule has 60 valence electrons. The van der Waals surface area contributed by atoms with E-state index >= 15 is 0 Å². The first-order chi connectivity index (χ1) is 4.70. The molecule has 10 heavy (non-hydrogen) atoms. The molecule has 0 aromatic rings. The van der Waals surface area contributed by atoms with E-state index in [1.54, 1.807) is 0 Å². The molecule has 0 aromatic carbocycles. The molecular formula is C8H16OSe. The van der Waals surface area contributed by atoms with Gasteiger partial charge in [0.2, 0.25) is 0 Å². The van der Waals surface area contributed by atoms with Crippen molar-refractivity contribution in [2.45, 2.75) is 38.1 Å². The van der Waals surface area contributed by atoms with Gasteiger partial charge in [-0.3, -0.25) is 0 Å². The third kappa shape index (κ3) is 2.26. The molecule has 1 aliphatic heterocycles. The van der Waals surface area contributed by atoms with Gasteiger partial charge in [-0.15, -0.1) is 0 Å². The van der Waals surface area contributed by atoms with Crippen LogP contribution in [0.5, 0.6) is 0 Å². The van der Waals surface area contributed by atoms with Crippen molar-refractivity contribution >= 4 is 15.0 Å². The quantitative estimate of drug-likeness (QED) is 0.597. The average molecular weight is 207 g/mol. The molecule has 1 heterocycles. The van der Waals surface area contributed by atoms with Crippen LogP contribution >= 0.6 is 0 Å². The monoisotopic (exact) mass is 208 g/mol. The van der Waals surface area contributed by atoms with Crippen molar-refractivity contribution in [1.29, 1.82) is 0 Å². The van der Waals surface area contributed by atoms with Gasteiger partial charge < -0.3 is 0 Å². The normalized spacial score (nSPS) is 34.8. The van der Waals surface area contributed by atoms with Crippen LogP contribution < -0.4 is 0 Å². The van der Waals surface area contributed by atoms with Crippen molar-refractivity contribution in [3.05, 3.63) is 0 Å². The molecule has 1 rings (SSSR count). The predicted molar refractivity (Wildman–Crippen MR) is 44.4 cm³/mol. The maximum atomic E-state index is 5.49. The van der Waals surface area contributed by atoms with Gasteiger partial charge in [-0.05, 0) is 0 Å². The van der Waals surface area contributed by atoms with Crippen molar-refractivity contribution in [2.75, 3.05) is 5.51 Å². The van der Waals surface area contributed by atoms with E-state index in [1.165, 1.54) is 6.42 Å². The van der Waals surface area contributed by atoms with Crippen LogP contribution in [0.4, 0.5) is 0 Å². The molecule has 0 unspecified atom stereocenters. The van der Waals surface area contributed by atoms with E-state index in [2.05, 4.69) is 20.8 Å². The second-order valence-electron chi connectivity index (χ2n) is 3.28. The Morgan fingerprint density at radius 3 is 2.60 bits per heavy atom. The fourth-order valence-electron chi connectivity index (χ4n) is 1.17. The van der Waals surface area contributed by atoms with E-state index in [4.69, 9.17) is 4.74 Å². The molecule has 0 bridgehead atoms. The van der Waals surface area contributed by atoms with Crippen molar-refractivity contribution < 1.29 is 4.74 Å². The van der Waals surface area contributed by atoms with Crippen LogP contribution in [0.2, 0.25) is 4.82 Å². The van der Waals surface area contributed by atoms with Gasteiger partial charge in [-0.25, -0.2) is 0 Å². The van der Waals surface area contributed by atoms with Gasteiger partial charge in [0, 0.05) is 0 Å². The van der Waals surface area contributed by atoms with Gasteiger partial charge in [0.25, 0.3) is 0 Å². The van der Waals surface area contributed by atoms with Gasteiger partial charge >= 0.3 is 69.2 Å². The Hall–Kier alpha value is 0.479. The molecule has 0 N–H and O–H groups in total. The van der Waals surface area contributed by atoms with Gasteiger partial charge in [-0.1, -0.05) is 0 Å². The fraction of sp³-hybridized carbons (Fsp3) is 1.00. The molecular weight excluding hydrogens is 191 g/mol. The van der Waals surface area contributed by atoms with Gasteiger partial charge in [-0.2, -0.15) is 0 Å². The first-order valence-corrected chi connectivity index (χ1v) is 6.13. The number of rotatable bonds is 1. The summed E-state index contributed by atoms with van der Waals surface area (Å²) in [6.45, 7) is 6.83. The molecule has 1 fully saturated rings. The Labute approximate surface area is 69.7 Å². The SMILES string of the molecule is CC(C)[C@@H]1C[C@H](C)OC[Se]1. The van der Waals surface area contributed by atoms with Crippen LogP contribution in [-0.2, 0) is 4.74 Å². The Balaban J connectivity index is 2.32. The summed E-state index contributed by atoms with van der Waals surface area (Å²) < 4.78 is 5.49. The molecule has 1 aliphatic rings.